The number of aromatic amines is 1. The van der Waals surface area contributed by atoms with Crippen LogP contribution in [0.3, 0.4) is 0 Å². The summed E-state index contributed by atoms with van der Waals surface area (Å²) in [5.41, 5.74) is 1.67. The van der Waals surface area contributed by atoms with Crippen molar-refractivity contribution in [3.05, 3.63) is 58.7 Å². The van der Waals surface area contributed by atoms with Crippen LogP contribution in [0.25, 0.3) is 21.3 Å². The molecule has 1 aromatic carbocycles. The largest absolute Gasteiger partial charge is 0.352 e. The number of aromatic nitrogens is 2. The number of fused-ring (bicyclic) bond motifs is 1. The van der Waals surface area contributed by atoms with Crippen LogP contribution >= 0.6 is 23.1 Å². The van der Waals surface area contributed by atoms with Crippen LogP contribution in [0.2, 0.25) is 0 Å². The van der Waals surface area contributed by atoms with E-state index in [0.717, 1.165) is 11.1 Å². The van der Waals surface area contributed by atoms with Crippen molar-refractivity contribution in [1.29, 1.82) is 0 Å². The Labute approximate surface area is 153 Å². The molecule has 0 fully saturated rings. The number of thioether (sulfide) groups is 1. The number of benzene rings is 1. The molecule has 0 spiro atoms. The zero-order valence-corrected chi connectivity index (χ0v) is 15.2. The monoisotopic (exact) mass is 371 g/mol. The minimum absolute atomic E-state index is 0.121. The van der Waals surface area contributed by atoms with Crippen molar-refractivity contribution < 1.29 is 4.79 Å². The SMILES string of the molecule is C=CCNC(=O)[C@@H](C)Sc1nc2scc(-c3ccccc3)c2c(=O)[nH]1. The van der Waals surface area contributed by atoms with Crippen molar-refractivity contribution in [2.75, 3.05) is 6.54 Å². The van der Waals surface area contributed by atoms with Crippen molar-refractivity contribution in [1.82, 2.24) is 15.3 Å². The predicted octanol–water partition coefficient (Wildman–Crippen LogP) is 3.43. The maximum absolute atomic E-state index is 12.6. The quantitative estimate of drug-likeness (QED) is 0.395. The highest BCUT2D eigenvalue weighted by molar-refractivity contribution is 8.00. The van der Waals surface area contributed by atoms with Gasteiger partial charge in [0, 0.05) is 17.5 Å². The molecule has 0 aliphatic carbocycles. The van der Waals surface area contributed by atoms with Crippen LogP contribution in [0.1, 0.15) is 6.92 Å². The summed E-state index contributed by atoms with van der Waals surface area (Å²) in [6.45, 7) is 5.76. The van der Waals surface area contributed by atoms with Gasteiger partial charge in [-0.25, -0.2) is 4.98 Å². The number of carbonyl (C=O) groups excluding carboxylic acids is 1. The number of nitrogens with one attached hydrogen (secondary N) is 2. The second kappa shape index (κ2) is 7.67. The number of rotatable bonds is 6. The van der Waals surface area contributed by atoms with E-state index in [1.807, 2.05) is 35.7 Å². The van der Waals surface area contributed by atoms with E-state index < -0.39 is 0 Å². The average Bonchev–Trinajstić information content (AvgIpc) is 3.04. The number of thiophene rings is 1. The van der Waals surface area contributed by atoms with E-state index in [9.17, 15) is 9.59 Å². The van der Waals surface area contributed by atoms with Gasteiger partial charge >= 0.3 is 0 Å². The lowest BCUT2D eigenvalue weighted by atomic mass is 10.1. The van der Waals surface area contributed by atoms with Gasteiger partial charge in [0.15, 0.2) is 5.16 Å². The molecule has 0 radical (unpaired) electrons. The third kappa shape index (κ3) is 3.83. The average molecular weight is 371 g/mol. The van der Waals surface area contributed by atoms with Crippen LogP contribution in [0.15, 0.2) is 58.3 Å². The van der Waals surface area contributed by atoms with E-state index in [2.05, 4.69) is 21.9 Å². The summed E-state index contributed by atoms with van der Waals surface area (Å²) >= 11 is 2.66. The molecule has 0 aliphatic rings. The fourth-order valence-electron chi connectivity index (χ4n) is 2.35. The number of hydrogen-bond acceptors (Lipinski definition) is 5. The Morgan fingerprint density at radius 2 is 2.20 bits per heavy atom. The molecule has 0 saturated heterocycles. The minimum Gasteiger partial charge on any atom is -0.352 e. The highest BCUT2D eigenvalue weighted by atomic mass is 32.2. The molecule has 2 heterocycles. The Bertz CT molecular complexity index is 963. The minimum atomic E-state index is -0.367. The van der Waals surface area contributed by atoms with E-state index in [1.165, 1.54) is 23.1 Å². The summed E-state index contributed by atoms with van der Waals surface area (Å²) in [5.74, 6) is -0.121. The molecule has 2 N–H and O–H groups in total. The van der Waals surface area contributed by atoms with Gasteiger partial charge in [0.2, 0.25) is 5.91 Å². The molecule has 3 aromatic rings. The molecule has 3 rings (SSSR count). The van der Waals surface area contributed by atoms with Crippen molar-refractivity contribution in [3.63, 3.8) is 0 Å². The van der Waals surface area contributed by atoms with Gasteiger partial charge in [-0.3, -0.25) is 9.59 Å². The van der Waals surface area contributed by atoms with E-state index in [1.54, 1.807) is 13.0 Å². The Morgan fingerprint density at radius 1 is 1.44 bits per heavy atom. The molecule has 0 bridgehead atoms. The normalized spacial score (nSPS) is 12.0. The van der Waals surface area contributed by atoms with Crippen LogP contribution in [-0.4, -0.2) is 27.7 Å². The Kier molecular flexibility index (Phi) is 5.35. The zero-order valence-electron chi connectivity index (χ0n) is 13.6. The summed E-state index contributed by atoms with van der Waals surface area (Å²) in [4.78, 5) is 32.5. The second-order valence-corrected chi connectivity index (χ2v) is 7.55. The third-order valence-electron chi connectivity index (χ3n) is 3.59. The van der Waals surface area contributed by atoms with Crippen molar-refractivity contribution in [2.45, 2.75) is 17.3 Å². The summed E-state index contributed by atoms with van der Waals surface area (Å²) in [6, 6.07) is 9.75. The van der Waals surface area contributed by atoms with Crippen LogP contribution in [0, 0.1) is 0 Å². The van der Waals surface area contributed by atoms with Gasteiger partial charge in [-0.15, -0.1) is 17.9 Å². The molecule has 128 valence electrons. The van der Waals surface area contributed by atoms with Crippen LogP contribution in [-0.2, 0) is 4.79 Å². The van der Waals surface area contributed by atoms with Gasteiger partial charge in [-0.05, 0) is 12.5 Å². The standard InChI is InChI=1S/C18H17N3O2S2/c1-3-9-19-15(22)11(2)25-18-20-16(23)14-13(10-24-17(14)21-18)12-7-5-4-6-8-12/h3-8,10-11H,1,9H2,2H3,(H,19,22)(H,20,21,23)/t11-/m1/s1. The topological polar surface area (TPSA) is 74.8 Å². The van der Waals surface area contributed by atoms with Crippen molar-refractivity contribution >= 4 is 39.2 Å². The molecule has 1 amide bonds. The molecular formula is C18H17N3O2S2. The first-order valence-electron chi connectivity index (χ1n) is 7.72. The molecule has 0 saturated carbocycles. The number of hydrogen-bond donors (Lipinski definition) is 2. The lowest BCUT2D eigenvalue weighted by molar-refractivity contribution is -0.120. The molecule has 0 aliphatic heterocycles. The first kappa shape index (κ1) is 17.4. The van der Waals surface area contributed by atoms with E-state index in [0.29, 0.717) is 21.9 Å². The molecular weight excluding hydrogens is 354 g/mol. The van der Waals surface area contributed by atoms with Crippen LogP contribution < -0.4 is 10.9 Å². The number of nitrogens with zero attached hydrogens (tertiary/aromatic N) is 1. The lowest BCUT2D eigenvalue weighted by Gasteiger charge is -2.10. The number of H-pyrrole nitrogens is 1. The van der Waals surface area contributed by atoms with E-state index >= 15 is 0 Å². The van der Waals surface area contributed by atoms with Gasteiger partial charge in [-0.1, -0.05) is 48.2 Å². The molecule has 7 heteroatoms. The van der Waals surface area contributed by atoms with E-state index in [4.69, 9.17) is 0 Å². The predicted molar refractivity (Wildman–Crippen MR) is 104 cm³/mol. The Hall–Kier alpha value is -2.38. The smallest absolute Gasteiger partial charge is 0.260 e. The van der Waals surface area contributed by atoms with Gasteiger partial charge < -0.3 is 10.3 Å². The number of carbonyl (C=O) groups is 1. The first-order chi connectivity index (χ1) is 12.1. The maximum Gasteiger partial charge on any atom is 0.260 e. The Morgan fingerprint density at radius 3 is 2.92 bits per heavy atom. The van der Waals surface area contributed by atoms with Crippen LogP contribution in [0.5, 0.6) is 0 Å². The van der Waals surface area contributed by atoms with Gasteiger partial charge in [0.25, 0.3) is 5.56 Å². The summed E-state index contributed by atoms with van der Waals surface area (Å²) in [7, 11) is 0. The molecule has 5 nitrogen and oxygen atoms in total. The molecule has 0 unspecified atom stereocenters. The van der Waals surface area contributed by atoms with Gasteiger partial charge in [-0.2, -0.15) is 0 Å². The second-order valence-electron chi connectivity index (χ2n) is 5.36. The highest BCUT2D eigenvalue weighted by Crippen LogP contribution is 2.31. The van der Waals surface area contributed by atoms with Crippen molar-refractivity contribution in [3.8, 4) is 11.1 Å². The first-order valence-corrected chi connectivity index (χ1v) is 9.48. The van der Waals surface area contributed by atoms with Gasteiger partial charge in [0.05, 0.1) is 10.6 Å². The molecule has 1 atom stereocenters. The Balaban J connectivity index is 1.90. The summed E-state index contributed by atoms with van der Waals surface area (Å²) in [5, 5.41) is 5.34. The van der Waals surface area contributed by atoms with Gasteiger partial charge in [0.1, 0.15) is 4.83 Å². The van der Waals surface area contributed by atoms with Crippen molar-refractivity contribution in [2.24, 2.45) is 0 Å². The summed E-state index contributed by atoms with van der Waals surface area (Å²) < 4.78 is 0. The maximum atomic E-state index is 12.6. The molecule has 25 heavy (non-hydrogen) atoms. The van der Waals surface area contributed by atoms with Crippen LogP contribution in [0.4, 0.5) is 0 Å². The third-order valence-corrected chi connectivity index (χ3v) is 5.44. The summed E-state index contributed by atoms with van der Waals surface area (Å²) in [6.07, 6.45) is 1.62. The molecule has 2 aromatic heterocycles. The fraction of sp³-hybridized carbons (Fsp3) is 0.167. The zero-order chi connectivity index (χ0) is 17.8. The highest BCUT2D eigenvalue weighted by Gasteiger charge is 2.17. The fourth-order valence-corrected chi connectivity index (χ4v) is 4.18. The number of amides is 1. The van der Waals surface area contributed by atoms with E-state index in [-0.39, 0.29) is 16.7 Å². The lowest BCUT2D eigenvalue weighted by Crippen LogP contribution is -2.31.